The second kappa shape index (κ2) is 6.47. The van der Waals surface area contributed by atoms with Gasteiger partial charge < -0.3 is 5.11 Å². The molecule has 1 aliphatic rings. The zero-order chi connectivity index (χ0) is 19.1. The molecular weight excluding hydrogens is 340 g/mol. The largest absolute Gasteiger partial charge is 0.364 e. The van der Waals surface area contributed by atoms with E-state index in [0.29, 0.717) is 5.01 Å². The lowest BCUT2D eigenvalue weighted by Gasteiger charge is -2.31. The third-order valence-corrected chi connectivity index (χ3v) is 4.11. The molecule has 2 rings (SSSR count). The number of aryl methyl sites for hydroxylation is 1. The Morgan fingerprint density at radius 1 is 1.44 bits per heavy atom. The van der Waals surface area contributed by atoms with E-state index in [1.807, 2.05) is 0 Å². The summed E-state index contributed by atoms with van der Waals surface area (Å²) in [6.45, 7) is 5.79. The Kier molecular flexibility index (Phi) is 4.89. The molecule has 0 radical (unpaired) electrons. The molecule has 1 aromatic heterocycles. The Labute approximate surface area is 142 Å². The van der Waals surface area contributed by atoms with Gasteiger partial charge in [0, 0.05) is 12.1 Å². The van der Waals surface area contributed by atoms with Crippen molar-refractivity contribution in [2.45, 2.75) is 52.8 Å². The first kappa shape index (κ1) is 18.9. The van der Waals surface area contributed by atoms with E-state index in [2.05, 4.69) is 10.2 Å². The molecule has 2 atom stereocenters. The maximum Gasteiger partial charge on any atom is 0.312 e. The molecule has 11 heteroatoms. The Bertz CT molecular complexity index is 748. The quantitative estimate of drug-likeness (QED) is 0.634. The molecule has 2 heterocycles. The number of nitro groups is 1. The fourth-order valence-electron chi connectivity index (χ4n) is 2.83. The topological polar surface area (TPSA) is 114 Å². The zero-order valence-corrected chi connectivity index (χ0v) is 14.2. The minimum Gasteiger partial charge on any atom is -0.364 e. The molecule has 138 valence electrons. The van der Waals surface area contributed by atoms with Crippen molar-refractivity contribution in [3.05, 3.63) is 21.5 Å². The van der Waals surface area contributed by atoms with E-state index >= 15 is 0 Å². The van der Waals surface area contributed by atoms with Gasteiger partial charge in [0.1, 0.15) is 11.4 Å². The van der Waals surface area contributed by atoms with E-state index in [1.165, 1.54) is 32.4 Å². The van der Waals surface area contributed by atoms with Crippen molar-refractivity contribution < 1.29 is 23.6 Å². The molecule has 0 bridgehead atoms. The summed E-state index contributed by atoms with van der Waals surface area (Å²) in [5, 5.41) is 29.3. The summed E-state index contributed by atoms with van der Waals surface area (Å²) in [5.41, 5.74) is -2.16. The number of hydrogen-bond acceptors (Lipinski definition) is 6. The number of amides is 1. The monoisotopic (exact) mass is 359 g/mol. The van der Waals surface area contributed by atoms with E-state index in [9.17, 15) is 28.8 Å². The summed E-state index contributed by atoms with van der Waals surface area (Å²) in [4.78, 5) is 23.0. The van der Waals surface area contributed by atoms with Crippen LogP contribution in [0.25, 0.3) is 0 Å². The van der Waals surface area contributed by atoms with E-state index in [4.69, 9.17) is 0 Å². The number of rotatable bonds is 5. The molecule has 25 heavy (non-hydrogen) atoms. The maximum absolute atomic E-state index is 13.2. The Morgan fingerprint density at radius 3 is 2.52 bits per heavy atom. The van der Waals surface area contributed by atoms with Crippen molar-refractivity contribution in [2.75, 3.05) is 0 Å². The van der Waals surface area contributed by atoms with Gasteiger partial charge in [0.2, 0.25) is 11.6 Å². The van der Waals surface area contributed by atoms with Crippen LogP contribution in [0, 0.1) is 29.9 Å². The van der Waals surface area contributed by atoms with Crippen LogP contribution in [0.4, 0.5) is 14.5 Å². The van der Waals surface area contributed by atoms with Crippen molar-refractivity contribution in [3.63, 3.8) is 0 Å². The summed E-state index contributed by atoms with van der Waals surface area (Å²) >= 11 is 0. The zero-order valence-electron chi connectivity index (χ0n) is 14.2. The number of nitrogens with zero attached hydrogens (tertiary/aromatic N) is 5. The van der Waals surface area contributed by atoms with Crippen LogP contribution >= 0.6 is 0 Å². The van der Waals surface area contributed by atoms with E-state index < -0.39 is 35.3 Å². The van der Waals surface area contributed by atoms with Crippen LogP contribution in [0.5, 0.6) is 0 Å². The lowest BCUT2D eigenvalue weighted by Crippen LogP contribution is -2.53. The Hall–Kier alpha value is -2.43. The predicted molar refractivity (Wildman–Crippen MR) is 83.0 cm³/mol. The molecule has 0 spiro atoms. The van der Waals surface area contributed by atoms with Crippen molar-refractivity contribution in [2.24, 2.45) is 11.0 Å². The predicted octanol–water partition coefficient (Wildman–Crippen LogP) is 1.61. The highest BCUT2D eigenvalue weighted by atomic mass is 19.3. The first-order valence-corrected chi connectivity index (χ1v) is 7.56. The van der Waals surface area contributed by atoms with Crippen LogP contribution in [0.2, 0.25) is 0 Å². The lowest BCUT2D eigenvalue weighted by atomic mass is 10.1. The molecule has 1 N–H and O–H groups in total. The number of carbonyl (C=O) groups is 1. The normalized spacial score (nSPS) is 21.6. The van der Waals surface area contributed by atoms with Crippen LogP contribution in [0.15, 0.2) is 5.10 Å². The molecule has 0 fully saturated rings. The fraction of sp³-hybridized carbons (Fsp3) is 0.643. The third kappa shape index (κ3) is 3.23. The molecule has 1 amide bonds. The molecule has 0 saturated heterocycles. The molecule has 1 aliphatic heterocycles. The molecule has 1 aromatic rings. The fourth-order valence-corrected chi connectivity index (χ4v) is 2.83. The van der Waals surface area contributed by atoms with Crippen molar-refractivity contribution in [1.29, 1.82) is 0 Å². The second-order valence-electron chi connectivity index (χ2n) is 6.20. The van der Waals surface area contributed by atoms with Crippen LogP contribution in [0.3, 0.4) is 0 Å². The Balaban J connectivity index is 2.24. The van der Waals surface area contributed by atoms with Crippen molar-refractivity contribution >= 4 is 17.3 Å². The number of aromatic nitrogens is 2. The number of carbonyl (C=O) groups excluding carboxylic acids is 1. The molecule has 9 nitrogen and oxygen atoms in total. The summed E-state index contributed by atoms with van der Waals surface area (Å²) in [6.07, 6.45) is -3.62. The smallest absolute Gasteiger partial charge is 0.312 e. The van der Waals surface area contributed by atoms with E-state index in [-0.39, 0.29) is 29.3 Å². The summed E-state index contributed by atoms with van der Waals surface area (Å²) in [5.74, 6) is -1.69. The molecule has 0 aromatic carbocycles. The van der Waals surface area contributed by atoms with Gasteiger partial charge in [-0.2, -0.15) is 15.2 Å². The number of alkyl halides is 2. The summed E-state index contributed by atoms with van der Waals surface area (Å²) < 4.78 is 27.7. The molecular formula is C14H19F2N5O4. The minimum absolute atomic E-state index is 0.0657. The van der Waals surface area contributed by atoms with Gasteiger partial charge in [-0.15, -0.1) is 0 Å². The van der Waals surface area contributed by atoms with Gasteiger partial charge in [0.15, 0.2) is 0 Å². The third-order valence-electron chi connectivity index (χ3n) is 4.11. The maximum atomic E-state index is 13.2. The van der Waals surface area contributed by atoms with Crippen LogP contribution in [-0.2, 0) is 11.3 Å². The first-order valence-electron chi connectivity index (χ1n) is 7.56. The highest BCUT2D eigenvalue weighted by molar-refractivity contribution is 5.89. The van der Waals surface area contributed by atoms with Crippen LogP contribution in [0.1, 0.15) is 31.7 Å². The van der Waals surface area contributed by atoms with Gasteiger partial charge in [-0.1, -0.05) is 6.92 Å². The van der Waals surface area contributed by atoms with Crippen molar-refractivity contribution in [3.8, 4) is 0 Å². The number of hydrogen-bond donors (Lipinski definition) is 1. The lowest BCUT2D eigenvalue weighted by molar-refractivity contribution is -0.386. The second-order valence-corrected chi connectivity index (χ2v) is 6.20. The van der Waals surface area contributed by atoms with Gasteiger partial charge in [-0.05, 0) is 20.8 Å². The van der Waals surface area contributed by atoms with Crippen LogP contribution < -0.4 is 0 Å². The number of halogens is 2. The van der Waals surface area contributed by atoms with Crippen molar-refractivity contribution in [1.82, 2.24) is 14.8 Å². The molecule has 0 unspecified atom stereocenters. The molecule has 0 aliphatic carbocycles. The highest BCUT2D eigenvalue weighted by Gasteiger charge is 2.51. The summed E-state index contributed by atoms with van der Waals surface area (Å²) in [6, 6.07) is 0. The highest BCUT2D eigenvalue weighted by Crippen LogP contribution is 2.33. The van der Waals surface area contributed by atoms with Gasteiger partial charge in [-0.25, -0.2) is 8.78 Å². The SMILES string of the molecule is CC1=NN(C(=O)[C@@H](C)Cn2nc(C)c([N+](=O)[O-])c2C)[C@@](O)(C(F)F)C1. The minimum atomic E-state index is -3.18. The number of aliphatic hydroxyl groups is 1. The average Bonchev–Trinajstić information content (AvgIpc) is 2.95. The van der Waals surface area contributed by atoms with E-state index in [0.717, 1.165) is 0 Å². The summed E-state index contributed by atoms with van der Waals surface area (Å²) in [7, 11) is 0. The first-order chi connectivity index (χ1) is 11.5. The molecule has 0 saturated carbocycles. The van der Waals surface area contributed by atoms with Gasteiger partial charge in [0.25, 0.3) is 6.43 Å². The number of hydrazone groups is 1. The average molecular weight is 359 g/mol. The van der Waals surface area contributed by atoms with E-state index in [1.54, 1.807) is 0 Å². The van der Waals surface area contributed by atoms with Gasteiger partial charge in [-0.3, -0.25) is 19.6 Å². The van der Waals surface area contributed by atoms with Crippen LogP contribution in [-0.4, -0.2) is 48.6 Å². The van der Waals surface area contributed by atoms with Gasteiger partial charge >= 0.3 is 5.69 Å². The standard InChI is InChI=1S/C14H19F2N5O4/c1-7(6-19-10(4)11(21(24)25)9(3)18-19)12(22)20-14(23,13(15)16)5-8(2)17-20/h7,13,23H,5-6H2,1-4H3/t7-,14-/m0/s1. The Morgan fingerprint density at radius 2 is 2.04 bits per heavy atom. The van der Waals surface area contributed by atoms with Gasteiger partial charge in [0.05, 0.1) is 17.4 Å².